The lowest BCUT2D eigenvalue weighted by Gasteiger charge is -2.14. The van der Waals surface area contributed by atoms with Crippen LogP contribution in [0.3, 0.4) is 0 Å². The number of aliphatic hydroxyl groups is 2. The van der Waals surface area contributed by atoms with E-state index in [1.165, 1.54) is 0 Å². The molecule has 5 nitrogen and oxygen atoms in total. The molecule has 0 bridgehead atoms. The number of aryl methyl sites for hydroxylation is 1. The first-order valence-electron chi connectivity index (χ1n) is 5.58. The molecule has 4 N–H and O–H groups in total. The Labute approximate surface area is 111 Å². The number of anilines is 1. The van der Waals surface area contributed by atoms with Gasteiger partial charge in [0.2, 0.25) is 5.91 Å². The molecule has 1 rings (SSSR count). The maximum atomic E-state index is 11.6. The van der Waals surface area contributed by atoms with Crippen molar-refractivity contribution in [3.63, 3.8) is 0 Å². The standard InChI is InChI=1S/C12H17ClN2O3/c1-8-2-3-9(13)4-11(8)15-12(18)5-14-10(6-16)7-17/h2-4,10,14,16-17H,5-7H2,1H3,(H,15,18). The smallest absolute Gasteiger partial charge is 0.238 e. The average Bonchev–Trinajstić information content (AvgIpc) is 2.35. The third-order valence-corrected chi connectivity index (χ3v) is 2.70. The molecule has 0 saturated carbocycles. The molecule has 1 amide bonds. The highest BCUT2D eigenvalue weighted by molar-refractivity contribution is 6.31. The van der Waals surface area contributed by atoms with Crippen LogP contribution in [0.15, 0.2) is 18.2 Å². The van der Waals surface area contributed by atoms with E-state index >= 15 is 0 Å². The first kappa shape index (κ1) is 14.9. The van der Waals surface area contributed by atoms with Gasteiger partial charge in [-0.1, -0.05) is 17.7 Å². The van der Waals surface area contributed by atoms with Crippen molar-refractivity contribution in [3.05, 3.63) is 28.8 Å². The fourth-order valence-electron chi connectivity index (χ4n) is 1.35. The minimum atomic E-state index is -0.490. The van der Waals surface area contributed by atoms with Crippen molar-refractivity contribution in [3.8, 4) is 0 Å². The minimum absolute atomic E-state index is 0.0116. The van der Waals surface area contributed by atoms with Crippen molar-refractivity contribution < 1.29 is 15.0 Å². The molecule has 0 unspecified atom stereocenters. The monoisotopic (exact) mass is 272 g/mol. The van der Waals surface area contributed by atoms with Crippen LogP contribution in [0.5, 0.6) is 0 Å². The molecule has 0 spiro atoms. The van der Waals surface area contributed by atoms with Crippen molar-refractivity contribution >= 4 is 23.2 Å². The lowest BCUT2D eigenvalue weighted by atomic mass is 10.2. The zero-order valence-electron chi connectivity index (χ0n) is 10.1. The van der Waals surface area contributed by atoms with Crippen LogP contribution in [-0.2, 0) is 4.79 Å². The first-order chi connectivity index (χ1) is 8.56. The van der Waals surface area contributed by atoms with E-state index in [0.717, 1.165) is 5.56 Å². The molecule has 0 aliphatic heterocycles. The number of aliphatic hydroxyl groups excluding tert-OH is 2. The molecule has 0 radical (unpaired) electrons. The van der Waals surface area contributed by atoms with E-state index in [-0.39, 0.29) is 25.7 Å². The number of carbonyl (C=O) groups is 1. The van der Waals surface area contributed by atoms with E-state index < -0.39 is 6.04 Å². The highest BCUT2D eigenvalue weighted by Gasteiger charge is 2.09. The van der Waals surface area contributed by atoms with Crippen LogP contribution in [0.1, 0.15) is 5.56 Å². The van der Waals surface area contributed by atoms with Gasteiger partial charge in [-0.3, -0.25) is 4.79 Å². The molecular weight excluding hydrogens is 256 g/mol. The molecule has 1 aromatic rings. The largest absolute Gasteiger partial charge is 0.395 e. The number of hydrogen-bond acceptors (Lipinski definition) is 4. The summed E-state index contributed by atoms with van der Waals surface area (Å²) >= 11 is 5.84. The Morgan fingerprint density at radius 3 is 2.67 bits per heavy atom. The number of halogens is 1. The molecule has 0 atom stereocenters. The molecule has 1 aromatic carbocycles. The second kappa shape index (κ2) is 7.33. The van der Waals surface area contributed by atoms with Gasteiger partial charge in [0.25, 0.3) is 0 Å². The summed E-state index contributed by atoms with van der Waals surface area (Å²) in [5.41, 5.74) is 1.56. The Kier molecular flexibility index (Phi) is 6.07. The van der Waals surface area contributed by atoms with E-state index in [9.17, 15) is 4.79 Å². The molecular formula is C12H17ClN2O3. The topological polar surface area (TPSA) is 81.6 Å². The quantitative estimate of drug-likeness (QED) is 0.609. The summed E-state index contributed by atoms with van der Waals surface area (Å²) in [5, 5.41) is 23.7. The van der Waals surface area contributed by atoms with Gasteiger partial charge in [-0.15, -0.1) is 0 Å². The number of benzene rings is 1. The van der Waals surface area contributed by atoms with Gasteiger partial charge in [-0.2, -0.15) is 0 Å². The van der Waals surface area contributed by atoms with Gasteiger partial charge in [0.05, 0.1) is 25.8 Å². The van der Waals surface area contributed by atoms with Gasteiger partial charge < -0.3 is 20.8 Å². The summed E-state index contributed by atoms with van der Waals surface area (Å²) < 4.78 is 0. The average molecular weight is 273 g/mol. The van der Waals surface area contributed by atoms with Gasteiger partial charge in [-0.25, -0.2) is 0 Å². The van der Waals surface area contributed by atoms with Gasteiger partial charge in [-0.05, 0) is 24.6 Å². The molecule has 6 heteroatoms. The van der Waals surface area contributed by atoms with Crippen molar-refractivity contribution in [1.29, 1.82) is 0 Å². The molecule has 0 fully saturated rings. The number of carbonyl (C=O) groups excluding carboxylic acids is 1. The van der Waals surface area contributed by atoms with Crippen molar-refractivity contribution in [2.75, 3.05) is 25.1 Å². The van der Waals surface area contributed by atoms with E-state index in [2.05, 4.69) is 10.6 Å². The maximum absolute atomic E-state index is 11.6. The molecule has 0 aliphatic carbocycles. The van der Waals surface area contributed by atoms with Crippen LogP contribution < -0.4 is 10.6 Å². The number of hydrogen-bond donors (Lipinski definition) is 4. The van der Waals surface area contributed by atoms with Crippen LogP contribution >= 0.6 is 11.6 Å². The van der Waals surface area contributed by atoms with E-state index in [4.69, 9.17) is 21.8 Å². The lowest BCUT2D eigenvalue weighted by Crippen LogP contribution is -2.40. The minimum Gasteiger partial charge on any atom is -0.395 e. The van der Waals surface area contributed by atoms with Gasteiger partial charge in [0.1, 0.15) is 0 Å². The van der Waals surface area contributed by atoms with E-state index in [0.29, 0.717) is 10.7 Å². The Hall–Kier alpha value is -1.14. The number of amides is 1. The highest BCUT2D eigenvalue weighted by Crippen LogP contribution is 2.19. The zero-order valence-corrected chi connectivity index (χ0v) is 10.9. The highest BCUT2D eigenvalue weighted by atomic mass is 35.5. The fraction of sp³-hybridized carbons (Fsp3) is 0.417. The second-order valence-corrected chi connectivity index (χ2v) is 4.39. The summed E-state index contributed by atoms with van der Waals surface area (Å²) in [6.07, 6.45) is 0. The van der Waals surface area contributed by atoms with Crippen LogP contribution in [0, 0.1) is 6.92 Å². The number of rotatable bonds is 6. The Morgan fingerprint density at radius 2 is 2.06 bits per heavy atom. The van der Waals surface area contributed by atoms with E-state index in [1.54, 1.807) is 12.1 Å². The predicted molar refractivity (Wildman–Crippen MR) is 70.8 cm³/mol. The first-order valence-corrected chi connectivity index (χ1v) is 5.95. The van der Waals surface area contributed by atoms with Crippen molar-refractivity contribution in [2.45, 2.75) is 13.0 Å². The molecule has 100 valence electrons. The lowest BCUT2D eigenvalue weighted by molar-refractivity contribution is -0.115. The molecule has 0 aromatic heterocycles. The van der Waals surface area contributed by atoms with Crippen LogP contribution in [0.2, 0.25) is 5.02 Å². The summed E-state index contributed by atoms with van der Waals surface area (Å²) in [5.74, 6) is -0.257. The van der Waals surface area contributed by atoms with Crippen molar-refractivity contribution in [1.82, 2.24) is 5.32 Å². The molecule has 0 heterocycles. The van der Waals surface area contributed by atoms with Gasteiger partial charge in [0, 0.05) is 10.7 Å². The zero-order chi connectivity index (χ0) is 13.5. The third kappa shape index (κ3) is 4.62. The summed E-state index contributed by atoms with van der Waals surface area (Å²) in [7, 11) is 0. The van der Waals surface area contributed by atoms with Gasteiger partial charge >= 0.3 is 0 Å². The third-order valence-electron chi connectivity index (χ3n) is 2.47. The summed E-state index contributed by atoms with van der Waals surface area (Å²) in [6.45, 7) is 1.43. The maximum Gasteiger partial charge on any atom is 0.238 e. The SMILES string of the molecule is Cc1ccc(Cl)cc1NC(=O)CNC(CO)CO. The molecule has 0 aliphatic rings. The predicted octanol–water partition coefficient (Wildman–Crippen LogP) is 0.530. The molecule has 0 saturated heterocycles. The van der Waals surface area contributed by atoms with E-state index in [1.807, 2.05) is 13.0 Å². The van der Waals surface area contributed by atoms with Crippen LogP contribution in [-0.4, -0.2) is 41.9 Å². The van der Waals surface area contributed by atoms with Crippen LogP contribution in [0.25, 0.3) is 0 Å². The second-order valence-electron chi connectivity index (χ2n) is 3.95. The fourth-order valence-corrected chi connectivity index (χ4v) is 1.52. The van der Waals surface area contributed by atoms with Crippen LogP contribution in [0.4, 0.5) is 5.69 Å². The summed E-state index contributed by atoms with van der Waals surface area (Å²) in [4.78, 5) is 11.6. The Balaban J connectivity index is 2.51. The summed E-state index contributed by atoms with van der Waals surface area (Å²) in [6, 6.07) is 4.74. The normalized spacial score (nSPS) is 10.7. The van der Waals surface area contributed by atoms with Gasteiger partial charge in [0.15, 0.2) is 0 Å². The Morgan fingerprint density at radius 1 is 1.39 bits per heavy atom. The number of nitrogens with one attached hydrogen (secondary N) is 2. The van der Waals surface area contributed by atoms with Crippen molar-refractivity contribution in [2.24, 2.45) is 0 Å². The Bertz CT molecular complexity index is 408. The molecule has 18 heavy (non-hydrogen) atoms.